The summed E-state index contributed by atoms with van der Waals surface area (Å²) in [6.45, 7) is 2.53. The number of hydrogen-bond acceptors (Lipinski definition) is 8. The van der Waals surface area contributed by atoms with Crippen molar-refractivity contribution < 1.29 is 38.7 Å². The average molecular weight is 508 g/mol. The topological polar surface area (TPSA) is 107 Å². The number of ether oxygens (including phenoxy) is 5. The molecule has 1 saturated heterocycles. The third kappa shape index (κ3) is 6.17. The molecule has 2 atom stereocenters. The van der Waals surface area contributed by atoms with Gasteiger partial charge in [0.25, 0.3) is 5.79 Å². The van der Waals surface area contributed by atoms with Crippen LogP contribution in [0.3, 0.4) is 0 Å². The molecule has 35 heavy (non-hydrogen) atoms. The number of aliphatic hydroxyl groups excluding tert-OH is 2. The van der Waals surface area contributed by atoms with Gasteiger partial charge in [0.1, 0.15) is 19.3 Å². The summed E-state index contributed by atoms with van der Waals surface area (Å²) < 4.78 is 28.6. The monoisotopic (exact) mass is 507 g/mol. The van der Waals surface area contributed by atoms with Crippen molar-refractivity contribution in [2.45, 2.75) is 31.3 Å². The number of cyclic esters (lactones) is 1. The van der Waals surface area contributed by atoms with Gasteiger partial charge in [-0.15, -0.1) is 0 Å². The van der Waals surface area contributed by atoms with Crippen LogP contribution in [-0.4, -0.2) is 79.2 Å². The normalized spacial score (nSPS) is 19.1. The molecule has 0 radical (unpaired) electrons. The van der Waals surface area contributed by atoms with Crippen LogP contribution < -0.4 is 9.47 Å². The summed E-state index contributed by atoms with van der Waals surface area (Å²) in [5.74, 6) is -0.126. The van der Waals surface area contributed by atoms with Gasteiger partial charge in [-0.1, -0.05) is 29.8 Å². The largest absolute Gasteiger partial charge is 0.444 e. The number of nitrogens with zero attached hydrogens (tertiary/aromatic N) is 1. The highest BCUT2D eigenvalue weighted by Crippen LogP contribution is 2.41. The number of carbonyl (C=O) groups excluding carboxylic acids is 1. The zero-order valence-electron chi connectivity index (χ0n) is 19.5. The Morgan fingerprint density at radius 2 is 1.80 bits per heavy atom. The van der Waals surface area contributed by atoms with Crippen LogP contribution in [0.5, 0.6) is 11.5 Å². The number of hydrogen-bond donors (Lipinski definition) is 2. The Kier molecular flexibility index (Phi) is 8.35. The van der Waals surface area contributed by atoms with E-state index in [0.717, 1.165) is 11.1 Å². The lowest BCUT2D eigenvalue weighted by atomic mass is 10.0. The molecule has 0 aromatic heterocycles. The Morgan fingerprint density at radius 3 is 2.49 bits per heavy atom. The molecular formula is C25H30ClNO8. The van der Waals surface area contributed by atoms with E-state index in [9.17, 15) is 4.79 Å². The molecule has 0 bridgehead atoms. The molecule has 0 spiro atoms. The maximum Gasteiger partial charge on any atom is 0.410 e. The SMILES string of the molecule is C[C@H](Cc1ccc2c(c1)OC(COCCO)(COCCO)O2)N1C[C@H](c2cccc(Cl)c2)OC1=O. The fourth-order valence-corrected chi connectivity index (χ4v) is 4.38. The van der Waals surface area contributed by atoms with Crippen molar-refractivity contribution in [2.24, 2.45) is 0 Å². The standard InChI is InChI=1S/C25H30ClNO8/c1-17(27-14-23(33-24(27)30)19-3-2-4-20(26)13-19)11-18-5-6-21-22(12-18)35-25(34-21,15-31-9-7-28)16-32-10-8-29/h2-6,12-13,17,23,28-29H,7-11,14-16H2,1H3/t17-,23-/m1/s1. The number of rotatable bonds is 12. The Hall–Kier alpha value is -2.56. The van der Waals surface area contributed by atoms with Crippen LogP contribution in [0.4, 0.5) is 4.79 Å². The van der Waals surface area contributed by atoms with Gasteiger partial charge in [-0.2, -0.15) is 0 Å². The second-order valence-electron chi connectivity index (χ2n) is 8.58. The van der Waals surface area contributed by atoms with E-state index < -0.39 is 5.79 Å². The number of carbonyl (C=O) groups is 1. The number of halogens is 1. The molecule has 1 fully saturated rings. The summed E-state index contributed by atoms with van der Waals surface area (Å²) in [5.41, 5.74) is 1.83. The van der Waals surface area contributed by atoms with Gasteiger partial charge in [-0.25, -0.2) is 4.79 Å². The van der Waals surface area contributed by atoms with Gasteiger partial charge in [0.15, 0.2) is 11.5 Å². The van der Waals surface area contributed by atoms with Crippen LogP contribution in [0, 0.1) is 0 Å². The summed E-state index contributed by atoms with van der Waals surface area (Å²) in [6.07, 6.45) is -0.133. The molecule has 2 aromatic carbocycles. The zero-order valence-corrected chi connectivity index (χ0v) is 20.3. The van der Waals surface area contributed by atoms with Crippen LogP contribution >= 0.6 is 11.6 Å². The van der Waals surface area contributed by atoms with E-state index in [1.165, 1.54) is 0 Å². The van der Waals surface area contributed by atoms with Gasteiger partial charge in [-0.3, -0.25) is 0 Å². The second kappa shape index (κ2) is 11.5. The van der Waals surface area contributed by atoms with Gasteiger partial charge in [-0.05, 0) is 48.7 Å². The third-order valence-electron chi connectivity index (χ3n) is 5.84. The van der Waals surface area contributed by atoms with E-state index in [1.807, 2.05) is 43.3 Å². The van der Waals surface area contributed by atoms with E-state index in [-0.39, 0.29) is 57.9 Å². The molecule has 2 N–H and O–H groups in total. The molecule has 2 heterocycles. The maximum atomic E-state index is 12.6. The van der Waals surface area contributed by atoms with Crippen molar-refractivity contribution in [1.29, 1.82) is 0 Å². The van der Waals surface area contributed by atoms with Gasteiger partial charge in [0.2, 0.25) is 0 Å². The summed E-state index contributed by atoms with van der Waals surface area (Å²) in [7, 11) is 0. The Morgan fingerprint density at radius 1 is 1.09 bits per heavy atom. The van der Waals surface area contributed by atoms with Crippen molar-refractivity contribution >= 4 is 17.7 Å². The van der Waals surface area contributed by atoms with E-state index >= 15 is 0 Å². The van der Waals surface area contributed by atoms with E-state index in [4.69, 9.17) is 45.5 Å². The lowest BCUT2D eigenvalue weighted by molar-refractivity contribution is -0.172. The number of fused-ring (bicyclic) bond motifs is 1. The molecular weight excluding hydrogens is 478 g/mol. The van der Waals surface area contributed by atoms with Crippen LogP contribution in [0.1, 0.15) is 24.2 Å². The van der Waals surface area contributed by atoms with E-state index in [2.05, 4.69) is 0 Å². The first kappa shape index (κ1) is 25.5. The van der Waals surface area contributed by atoms with Gasteiger partial charge >= 0.3 is 6.09 Å². The number of benzene rings is 2. The quantitative estimate of drug-likeness (QED) is 0.422. The van der Waals surface area contributed by atoms with Crippen LogP contribution in [0.2, 0.25) is 5.02 Å². The van der Waals surface area contributed by atoms with Crippen LogP contribution in [0.25, 0.3) is 0 Å². The van der Waals surface area contributed by atoms with Crippen molar-refractivity contribution in [3.05, 3.63) is 58.6 Å². The highest BCUT2D eigenvalue weighted by atomic mass is 35.5. The van der Waals surface area contributed by atoms with Crippen LogP contribution in [0.15, 0.2) is 42.5 Å². The first-order chi connectivity index (χ1) is 16.9. The minimum Gasteiger partial charge on any atom is -0.444 e. The Balaban J connectivity index is 1.40. The van der Waals surface area contributed by atoms with Crippen molar-refractivity contribution in [3.63, 3.8) is 0 Å². The minimum absolute atomic E-state index is 0.0455. The van der Waals surface area contributed by atoms with Crippen LogP contribution in [-0.2, 0) is 20.6 Å². The summed E-state index contributed by atoms with van der Waals surface area (Å²) >= 11 is 6.09. The molecule has 0 saturated carbocycles. The first-order valence-electron chi connectivity index (χ1n) is 11.5. The molecule has 2 aliphatic rings. The summed E-state index contributed by atoms with van der Waals surface area (Å²) in [4.78, 5) is 14.3. The highest BCUT2D eigenvalue weighted by molar-refractivity contribution is 6.30. The molecule has 4 rings (SSSR count). The molecule has 10 heteroatoms. The van der Waals surface area contributed by atoms with Crippen molar-refractivity contribution in [2.75, 3.05) is 46.2 Å². The molecule has 2 aromatic rings. The molecule has 9 nitrogen and oxygen atoms in total. The molecule has 1 amide bonds. The van der Waals surface area contributed by atoms with E-state index in [1.54, 1.807) is 11.0 Å². The van der Waals surface area contributed by atoms with E-state index in [0.29, 0.717) is 29.5 Å². The fourth-order valence-electron chi connectivity index (χ4n) is 4.18. The smallest absolute Gasteiger partial charge is 0.410 e. The third-order valence-corrected chi connectivity index (χ3v) is 6.07. The van der Waals surface area contributed by atoms with Gasteiger partial charge < -0.3 is 38.8 Å². The fraction of sp³-hybridized carbons (Fsp3) is 0.480. The Labute approximate surface area is 209 Å². The molecule has 2 aliphatic heterocycles. The molecule has 190 valence electrons. The van der Waals surface area contributed by atoms with Gasteiger partial charge in [0, 0.05) is 11.1 Å². The summed E-state index contributed by atoms with van der Waals surface area (Å²) in [5, 5.41) is 18.6. The Bertz CT molecular complexity index is 1010. The highest BCUT2D eigenvalue weighted by Gasteiger charge is 2.43. The van der Waals surface area contributed by atoms with Crippen molar-refractivity contribution in [3.8, 4) is 11.5 Å². The lowest BCUT2D eigenvalue weighted by Gasteiger charge is -2.27. The van der Waals surface area contributed by atoms with Crippen molar-refractivity contribution in [1.82, 2.24) is 4.90 Å². The first-order valence-corrected chi connectivity index (χ1v) is 11.9. The minimum atomic E-state index is -1.21. The molecule has 0 aliphatic carbocycles. The summed E-state index contributed by atoms with van der Waals surface area (Å²) in [6, 6.07) is 12.8. The maximum absolute atomic E-state index is 12.6. The number of amides is 1. The molecule has 0 unspecified atom stereocenters. The predicted molar refractivity (Wildman–Crippen MR) is 127 cm³/mol. The second-order valence-corrected chi connectivity index (χ2v) is 9.02. The number of aliphatic hydroxyl groups is 2. The average Bonchev–Trinajstić information content (AvgIpc) is 3.40. The van der Waals surface area contributed by atoms with Gasteiger partial charge in [0.05, 0.1) is 33.0 Å². The zero-order chi connectivity index (χ0) is 24.8. The predicted octanol–water partition coefficient (Wildman–Crippen LogP) is 2.95. The lowest BCUT2D eigenvalue weighted by Crippen LogP contribution is -2.48.